The van der Waals surface area contributed by atoms with E-state index in [0.29, 0.717) is 12.3 Å². The zero-order chi connectivity index (χ0) is 13.6. The van der Waals surface area contributed by atoms with Gasteiger partial charge in [0.15, 0.2) is 0 Å². The Labute approximate surface area is 113 Å². The fraction of sp³-hybridized carbons (Fsp3) is 0.500. The summed E-state index contributed by atoms with van der Waals surface area (Å²) in [5, 5.41) is 0.0653. The predicted octanol–water partition coefficient (Wildman–Crippen LogP) is 2.38. The SMILES string of the molecule is COc1ccc(S(=O)(=O)NCCCC(C)Cl)cc1. The zero-order valence-electron chi connectivity index (χ0n) is 10.5. The quantitative estimate of drug-likeness (QED) is 0.620. The Morgan fingerprint density at radius 1 is 1.33 bits per heavy atom. The minimum Gasteiger partial charge on any atom is -0.497 e. The van der Waals surface area contributed by atoms with Crippen molar-refractivity contribution in [3.63, 3.8) is 0 Å². The first-order chi connectivity index (χ1) is 8.45. The molecule has 4 nitrogen and oxygen atoms in total. The fourth-order valence-corrected chi connectivity index (χ4v) is 2.66. The van der Waals surface area contributed by atoms with E-state index in [2.05, 4.69) is 4.72 Å². The lowest BCUT2D eigenvalue weighted by Gasteiger charge is -2.08. The van der Waals surface area contributed by atoms with E-state index in [1.807, 2.05) is 6.92 Å². The Hall–Kier alpha value is -0.780. The van der Waals surface area contributed by atoms with Crippen LogP contribution in [0.4, 0.5) is 0 Å². The summed E-state index contributed by atoms with van der Waals surface area (Å²) in [6.45, 7) is 2.28. The van der Waals surface area contributed by atoms with Crippen molar-refractivity contribution in [3.05, 3.63) is 24.3 Å². The van der Waals surface area contributed by atoms with Crippen molar-refractivity contribution in [1.82, 2.24) is 4.72 Å². The van der Waals surface area contributed by atoms with Crippen LogP contribution in [-0.4, -0.2) is 27.4 Å². The van der Waals surface area contributed by atoms with Crippen molar-refractivity contribution in [1.29, 1.82) is 0 Å². The van der Waals surface area contributed by atoms with E-state index in [1.54, 1.807) is 12.1 Å². The molecule has 1 rings (SSSR count). The molecule has 1 aromatic carbocycles. The molecule has 0 amide bonds. The van der Waals surface area contributed by atoms with Crippen molar-refractivity contribution >= 4 is 21.6 Å². The molecule has 0 aromatic heterocycles. The van der Waals surface area contributed by atoms with Crippen molar-refractivity contribution in [2.45, 2.75) is 30.0 Å². The van der Waals surface area contributed by atoms with Crippen molar-refractivity contribution < 1.29 is 13.2 Å². The third-order valence-electron chi connectivity index (χ3n) is 2.44. The summed E-state index contributed by atoms with van der Waals surface area (Å²) < 4.78 is 31.3. The van der Waals surface area contributed by atoms with E-state index in [0.717, 1.165) is 12.8 Å². The van der Waals surface area contributed by atoms with Crippen LogP contribution in [-0.2, 0) is 10.0 Å². The van der Waals surface area contributed by atoms with Gasteiger partial charge in [0.05, 0.1) is 12.0 Å². The molecular formula is C12H18ClNO3S. The molecular weight excluding hydrogens is 274 g/mol. The first kappa shape index (κ1) is 15.3. The molecule has 1 unspecified atom stereocenters. The lowest BCUT2D eigenvalue weighted by Crippen LogP contribution is -2.25. The second-order valence-corrected chi connectivity index (χ2v) is 6.51. The van der Waals surface area contributed by atoms with Crippen LogP contribution in [0.3, 0.4) is 0 Å². The van der Waals surface area contributed by atoms with Crippen LogP contribution in [0.1, 0.15) is 19.8 Å². The van der Waals surface area contributed by atoms with E-state index in [9.17, 15) is 8.42 Å². The van der Waals surface area contributed by atoms with Crippen molar-refractivity contribution in [2.24, 2.45) is 0 Å². The van der Waals surface area contributed by atoms with Crippen molar-refractivity contribution in [2.75, 3.05) is 13.7 Å². The van der Waals surface area contributed by atoms with Crippen LogP contribution >= 0.6 is 11.6 Å². The second-order valence-electron chi connectivity index (χ2n) is 4.00. The van der Waals surface area contributed by atoms with E-state index < -0.39 is 10.0 Å². The molecule has 0 heterocycles. The first-order valence-corrected chi connectivity index (χ1v) is 7.65. The van der Waals surface area contributed by atoms with Gasteiger partial charge in [-0.15, -0.1) is 11.6 Å². The highest BCUT2D eigenvalue weighted by Gasteiger charge is 2.13. The largest absolute Gasteiger partial charge is 0.497 e. The summed E-state index contributed by atoms with van der Waals surface area (Å²) in [7, 11) is -1.90. The smallest absolute Gasteiger partial charge is 0.240 e. The van der Waals surface area contributed by atoms with E-state index in [-0.39, 0.29) is 10.3 Å². The van der Waals surface area contributed by atoms with Gasteiger partial charge in [-0.05, 0) is 44.0 Å². The molecule has 0 spiro atoms. The number of halogens is 1. The third-order valence-corrected chi connectivity index (χ3v) is 4.14. The molecule has 0 saturated heterocycles. The normalized spacial score (nSPS) is 13.3. The monoisotopic (exact) mass is 291 g/mol. The number of rotatable bonds is 7. The fourth-order valence-electron chi connectivity index (χ4n) is 1.43. The summed E-state index contributed by atoms with van der Waals surface area (Å²) in [6, 6.07) is 6.28. The second kappa shape index (κ2) is 6.97. The Kier molecular flexibility index (Phi) is 5.91. The minimum atomic E-state index is -3.43. The van der Waals surface area contributed by atoms with Gasteiger partial charge in [0, 0.05) is 11.9 Å². The Bertz CT molecular complexity index is 457. The Morgan fingerprint density at radius 2 is 1.94 bits per heavy atom. The number of ether oxygens (including phenoxy) is 1. The first-order valence-electron chi connectivity index (χ1n) is 5.73. The highest BCUT2D eigenvalue weighted by atomic mass is 35.5. The number of methoxy groups -OCH3 is 1. The van der Waals surface area contributed by atoms with Gasteiger partial charge in [-0.3, -0.25) is 0 Å². The van der Waals surface area contributed by atoms with Gasteiger partial charge in [0.1, 0.15) is 5.75 Å². The minimum absolute atomic E-state index is 0.0653. The number of nitrogens with one attached hydrogen (secondary N) is 1. The van der Waals surface area contributed by atoms with Gasteiger partial charge in [-0.2, -0.15) is 0 Å². The van der Waals surface area contributed by atoms with Crippen LogP contribution in [0.2, 0.25) is 0 Å². The van der Waals surface area contributed by atoms with Crippen LogP contribution in [0.25, 0.3) is 0 Å². The van der Waals surface area contributed by atoms with E-state index in [4.69, 9.17) is 16.3 Å². The average Bonchev–Trinajstić information content (AvgIpc) is 2.34. The van der Waals surface area contributed by atoms with Crippen LogP contribution in [0, 0.1) is 0 Å². The average molecular weight is 292 g/mol. The molecule has 0 aliphatic carbocycles. The Balaban J connectivity index is 2.57. The molecule has 1 N–H and O–H groups in total. The summed E-state index contributed by atoms with van der Waals surface area (Å²) >= 11 is 5.79. The standard InChI is InChI=1S/C12H18ClNO3S/c1-10(13)4-3-9-14-18(15,16)12-7-5-11(17-2)6-8-12/h5-8,10,14H,3-4,9H2,1-2H3. The number of hydrogen-bond donors (Lipinski definition) is 1. The maximum absolute atomic E-state index is 11.9. The summed E-state index contributed by atoms with van der Waals surface area (Å²) in [5.74, 6) is 0.630. The van der Waals surface area contributed by atoms with E-state index in [1.165, 1.54) is 19.2 Å². The summed E-state index contributed by atoms with van der Waals surface area (Å²) in [4.78, 5) is 0.238. The molecule has 0 bridgehead atoms. The molecule has 1 atom stereocenters. The number of hydrogen-bond acceptors (Lipinski definition) is 3. The summed E-state index contributed by atoms with van der Waals surface area (Å²) in [5.41, 5.74) is 0. The molecule has 0 radical (unpaired) electrons. The predicted molar refractivity (Wildman–Crippen MR) is 72.7 cm³/mol. The highest BCUT2D eigenvalue weighted by Crippen LogP contribution is 2.15. The molecule has 18 heavy (non-hydrogen) atoms. The van der Waals surface area contributed by atoms with E-state index >= 15 is 0 Å². The lowest BCUT2D eigenvalue weighted by molar-refractivity contribution is 0.414. The van der Waals surface area contributed by atoms with Crippen LogP contribution in [0.5, 0.6) is 5.75 Å². The molecule has 102 valence electrons. The zero-order valence-corrected chi connectivity index (χ0v) is 12.1. The van der Waals surface area contributed by atoms with Crippen LogP contribution in [0.15, 0.2) is 29.2 Å². The molecule has 0 aliphatic rings. The van der Waals surface area contributed by atoms with Gasteiger partial charge in [0.25, 0.3) is 0 Å². The van der Waals surface area contributed by atoms with Crippen molar-refractivity contribution in [3.8, 4) is 5.75 Å². The summed E-state index contributed by atoms with van der Waals surface area (Å²) in [6.07, 6.45) is 1.51. The highest BCUT2D eigenvalue weighted by molar-refractivity contribution is 7.89. The number of alkyl halides is 1. The Morgan fingerprint density at radius 3 is 2.44 bits per heavy atom. The van der Waals surface area contributed by atoms with Gasteiger partial charge in [-0.1, -0.05) is 0 Å². The van der Waals surface area contributed by atoms with Gasteiger partial charge in [-0.25, -0.2) is 13.1 Å². The molecule has 6 heteroatoms. The molecule has 0 saturated carbocycles. The maximum Gasteiger partial charge on any atom is 0.240 e. The molecule has 0 aliphatic heterocycles. The lowest BCUT2D eigenvalue weighted by atomic mass is 10.2. The molecule has 1 aromatic rings. The maximum atomic E-state index is 11.9. The number of sulfonamides is 1. The van der Waals surface area contributed by atoms with Gasteiger partial charge in [0.2, 0.25) is 10.0 Å². The number of benzene rings is 1. The van der Waals surface area contributed by atoms with Gasteiger partial charge >= 0.3 is 0 Å². The topological polar surface area (TPSA) is 55.4 Å². The third kappa shape index (κ3) is 4.84. The van der Waals surface area contributed by atoms with Gasteiger partial charge < -0.3 is 4.74 Å². The molecule has 0 fully saturated rings. The van der Waals surface area contributed by atoms with Crippen LogP contribution < -0.4 is 9.46 Å².